The van der Waals surface area contributed by atoms with Crippen LogP contribution in [0.2, 0.25) is 0 Å². The molecule has 4 heteroatoms. The fraction of sp³-hybridized carbons (Fsp3) is 0.0727. The standard InChI is InChI=1S/C55H37N3O/c1-55(2)45-28-15-14-23-37(45)40-29-30-41-47(38-24-12-13-25-39(38)49(41)50(40)55)42-26-16-27-43-48-44(31-36(32-46(48)59-51(42)43)33-17-6-3-7-18-33)54-57-52(34-19-8-4-9-20-34)56-53(58-54)35-21-10-5-11-22-35/h3-32,47H,1-2H3. The number of furan rings is 1. The van der Waals surface area contributed by atoms with E-state index in [-0.39, 0.29) is 11.3 Å². The maximum atomic E-state index is 7.19. The Morgan fingerprint density at radius 1 is 0.441 bits per heavy atom. The second-order valence-electron chi connectivity index (χ2n) is 16.3. The lowest BCUT2D eigenvalue weighted by Gasteiger charge is -2.25. The van der Waals surface area contributed by atoms with Gasteiger partial charge in [0.15, 0.2) is 17.5 Å². The fourth-order valence-electron chi connectivity index (χ4n) is 9.98. The Kier molecular flexibility index (Phi) is 7.30. The zero-order valence-electron chi connectivity index (χ0n) is 32.6. The summed E-state index contributed by atoms with van der Waals surface area (Å²) in [6.45, 7) is 4.76. The molecule has 2 aliphatic carbocycles. The van der Waals surface area contributed by atoms with Crippen LogP contribution in [0, 0.1) is 0 Å². The van der Waals surface area contributed by atoms with Crippen LogP contribution in [0.25, 0.3) is 89.5 Å². The Bertz CT molecular complexity index is 3240. The lowest BCUT2D eigenvalue weighted by atomic mass is 9.78. The van der Waals surface area contributed by atoms with Crippen LogP contribution >= 0.6 is 0 Å². The number of benzene rings is 8. The van der Waals surface area contributed by atoms with Crippen molar-refractivity contribution in [1.82, 2.24) is 15.0 Å². The summed E-state index contributed by atoms with van der Waals surface area (Å²) < 4.78 is 7.19. The number of rotatable bonds is 5. The molecule has 0 bridgehead atoms. The summed E-state index contributed by atoms with van der Waals surface area (Å²) in [6, 6.07) is 64.5. The number of fused-ring (bicyclic) bond motifs is 10. The van der Waals surface area contributed by atoms with Crippen molar-refractivity contribution >= 4 is 21.9 Å². The highest BCUT2D eigenvalue weighted by Gasteiger charge is 2.42. The first-order valence-electron chi connectivity index (χ1n) is 20.3. The van der Waals surface area contributed by atoms with E-state index < -0.39 is 0 Å². The van der Waals surface area contributed by atoms with Crippen molar-refractivity contribution in [2.45, 2.75) is 25.2 Å². The van der Waals surface area contributed by atoms with E-state index in [4.69, 9.17) is 19.4 Å². The summed E-state index contributed by atoms with van der Waals surface area (Å²) in [5.74, 6) is 1.83. The first kappa shape index (κ1) is 33.7. The average molecular weight is 756 g/mol. The van der Waals surface area contributed by atoms with Gasteiger partial charge in [0.05, 0.1) is 0 Å². The van der Waals surface area contributed by atoms with E-state index in [1.807, 2.05) is 42.5 Å². The molecule has 1 unspecified atom stereocenters. The van der Waals surface area contributed by atoms with Crippen molar-refractivity contribution in [3.63, 3.8) is 0 Å². The minimum atomic E-state index is -0.144. The molecule has 0 amide bonds. The molecule has 2 heterocycles. The highest BCUT2D eigenvalue weighted by atomic mass is 16.3. The SMILES string of the molecule is CC1(C)c2ccccc2-c2ccc3c(c21)-c1ccccc1C3c1cccc2c1oc1cc(-c3ccccc3)cc(-c3nc(-c4ccccc4)nc(-c4ccccc4)n3)c12. The molecule has 59 heavy (non-hydrogen) atoms. The Hall–Kier alpha value is -7.43. The first-order valence-corrected chi connectivity index (χ1v) is 20.3. The van der Waals surface area contributed by atoms with Crippen molar-refractivity contribution in [2.75, 3.05) is 0 Å². The smallest absolute Gasteiger partial charge is 0.164 e. The number of aromatic nitrogens is 3. The van der Waals surface area contributed by atoms with Gasteiger partial charge in [-0.3, -0.25) is 0 Å². The van der Waals surface area contributed by atoms with Gasteiger partial charge in [-0.25, -0.2) is 15.0 Å². The molecule has 0 spiro atoms. The van der Waals surface area contributed by atoms with Crippen LogP contribution in [-0.4, -0.2) is 15.0 Å². The summed E-state index contributed by atoms with van der Waals surface area (Å²) >= 11 is 0. The lowest BCUT2D eigenvalue weighted by Crippen LogP contribution is -2.16. The highest BCUT2D eigenvalue weighted by Crippen LogP contribution is 2.59. The highest BCUT2D eigenvalue weighted by molar-refractivity contribution is 6.14. The normalized spacial score (nSPS) is 14.6. The lowest BCUT2D eigenvalue weighted by molar-refractivity contribution is 0.660. The van der Waals surface area contributed by atoms with E-state index in [9.17, 15) is 0 Å². The number of nitrogens with zero attached hydrogens (tertiary/aromatic N) is 3. The predicted molar refractivity (Wildman–Crippen MR) is 239 cm³/mol. The Morgan fingerprint density at radius 2 is 1.03 bits per heavy atom. The van der Waals surface area contributed by atoms with E-state index in [0.29, 0.717) is 17.5 Å². The van der Waals surface area contributed by atoms with Gasteiger partial charge in [-0.2, -0.15) is 0 Å². The first-order chi connectivity index (χ1) is 29.0. The Labute approximate surface area is 342 Å². The molecule has 0 N–H and O–H groups in total. The zero-order valence-corrected chi connectivity index (χ0v) is 32.6. The molecule has 0 radical (unpaired) electrons. The van der Waals surface area contributed by atoms with Crippen LogP contribution in [0.4, 0.5) is 0 Å². The van der Waals surface area contributed by atoms with Crippen LogP contribution in [0.3, 0.4) is 0 Å². The van der Waals surface area contributed by atoms with Crippen LogP contribution in [-0.2, 0) is 5.41 Å². The van der Waals surface area contributed by atoms with Gasteiger partial charge in [-0.15, -0.1) is 0 Å². The second-order valence-corrected chi connectivity index (χ2v) is 16.3. The quantitative estimate of drug-likeness (QED) is 0.176. The van der Waals surface area contributed by atoms with Crippen LogP contribution in [0.1, 0.15) is 47.6 Å². The average Bonchev–Trinajstić information content (AvgIpc) is 3.92. The molecule has 10 aromatic rings. The zero-order chi connectivity index (χ0) is 39.2. The predicted octanol–water partition coefficient (Wildman–Crippen LogP) is 13.9. The summed E-state index contributed by atoms with van der Waals surface area (Å²) in [7, 11) is 0. The second kappa shape index (κ2) is 12.8. The molecule has 8 aromatic carbocycles. The van der Waals surface area contributed by atoms with Gasteiger partial charge in [-0.05, 0) is 67.8 Å². The summed E-state index contributed by atoms with van der Waals surface area (Å²) in [6.07, 6.45) is 0. The van der Waals surface area contributed by atoms with Crippen molar-refractivity contribution in [2.24, 2.45) is 0 Å². The third-order valence-corrected chi connectivity index (χ3v) is 12.6. The van der Waals surface area contributed by atoms with Crippen molar-refractivity contribution in [3.8, 4) is 67.5 Å². The van der Waals surface area contributed by atoms with Gasteiger partial charge in [0.1, 0.15) is 11.2 Å². The molecule has 2 aromatic heterocycles. The molecule has 4 nitrogen and oxygen atoms in total. The van der Waals surface area contributed by atoms with Crippen LogP contribution in [0.15, 0.2) is 186 Å². The molecule has 278 valence electrons. The van der Waals surface area contributed by atoms with Gasteiger partial charge in [-0.1, -0.05) is 184 Å². The minimum Gasteiger partial charge on any atom is -0.456 e. The van der Waals surface area contributed by atoms with E-state index >= 15 is 0 Å². The topological polar surface area (TPSA) is 51.8 Å². The van der Waals surface area contributed by atoms with Crippen LogP contribution < -0.4 is 0 Å². The van der Waals surface area contributed by atoms with E-state index in [2.05, 4.69) is 153 Å². The van der Waals surface area contributed by atoms with E-state index in [1.165, 1.54) is 44.5 Å². The third kappa shape index (κ3) is 5.06. The monoisotopic (exact) mass is 755 g/mol. The molecule has 2 aliphatic rings. The summed E-state index contributed by atoms with van der Waals surface area (Å²) in [5.41, 5.74) is 18.3. The maximum Gasteiger partial charge on any atom is 0.164 e. The molecule has 12 rings (SSSR count). The Balaban J connectivity index is 1.12. The van der Waals surface area contributed by atoms with Gasteiger partial charge >= 0.3 is 0 Å². The number of para-hydroxylation sites is 1. The number of hydrogen-bond acceptors (Lipinski definition) is 4. The third-order valence-electron chi connectivity index (χ3n) is 12.6. The minimum absolute atomic E-state index is 0.0149. The molecule has 0 fully saturated rings. The molecular weight excluding hydrogens is 719 g/mol. The molecule has 1 atom stereocenters. The number of hydrogen-bond donors (Lipinski definition) is 0. The molecular formula is C55H37N3O. The van der Waals surface area contributed by atoms with Gasteiger partial charge in [0.2, 0.25) is 0 Å². The fourth-order valence-corrected chi connectivity index (χ4v) is 9.98. The molecule has 0 aliphatic heterocycles. The molecule has 0 saturated heterocycles. The van der Waals surface area contributed by atoms with E-state index in [1.54, 1.807) is 0 Å². The van der Waals surface area contributed by atoms with Crippen LogP contribution in [0.5, 0.6) is 0 Å². The molecule has 0 saturated carbocycles. The van der Waals surface area contributed by atoms with E-state index in [0.717, 1.165) is 55.3 Å². The van der Waals surface area contributed by atoms with Crippen molar-refractivity contribution in [1.29, 1.82) is 0 Å². The van der Waals surface area contributed by atoms with Gasteiger partial charge in [0.25, 0.3) is 0 Å². The summed E-state index contributed by atoms with van der Waals surface area (Å²) in [5, 5.41) is 2.03. The van der Waals surface area contributed by atoms with Gasteiger partial charge < -0.3 is 4.42 Å². The largest absolute Gasteiger partial charge is 0.456 e. The Morgan fingerprint density at radius 3 is 1.75 bits per heavy atom. The van der Waals surface area contributed by atoms with Gasteiger partial charge in [0, 0.05) is 44.4 Å². The maximum absolute atomic E-state index is 7.19. The summed E-state index contributed by atoms with van der Waals surface area (Å²) in [4.78, 5) is 15.5. The van der Waals surface area contributed by atoms with Crippen molar-refractivity contribution in [3.05, 3.63) is 210 Å². The van der Waals surface area contributed by atoms with Crippen molar-refractivity contribution < 1.29 is 4.42 Å².